The zero-order chi connectivity index (χ0) is 19.8. The van der Waals surface area contributed by atoms with Crippen LogP contribution >= 0.6 is 0 Å². The van der Waals surface area contributed by atoms with Crippen LogP contribution in [-0.2, 0) is 11.3 Å². The van der Waals surface area contributed by atoms with Gasteiger partial charge in [-0.15, -0.1) is 5.10 Å². The molecule has 4 heterocycles. The standard InChI is InChI=1S/C18H16FN7O3/c19-13-3-1-2-12(10-13)15-21-14(29-23-15)11-26-18(27)25-5-4-20-16(17(25)22-26)24-6-8-28-9-7-24/h1-5,10H,6-9,11H2. The molecule has 4 aromatic rings. The molecular weight excluding hydrogens is 381 g/mol. The molecule has 10 nitrogen and oxygen atoms in total. The molecule has 5 rings (SSSR count). The van der Waals surface area contributed by atoms with Gasteiger partial charge < -0.3 is 14.2 Å². The Labute approximate surface area is 163 Å². The van der Waals surface area contributed by atoms with Crippen LogP contribution in [-0.4, -0.2) is 55.6 Å². The summed E-state index contributed by atoms with van der Waals surface area (Å²) in [4.78, 5) is 23.4. The fourth-order valence-electron chi connectivity index (χ4n) is 3.23. The summed E-state index contributed by atoms with van der Waals surface area (Å²) in [6, 6.07) is 5.88. The van der Waals surface area contributed by atoms with Crippen LogP contribution in [0.15, 0.2) is 46.0 Å². The van der Waals surface area contributed by atoms with Gasteiger partial charge >= 0.3 is 5.69 Å². The third-order valence-corrected chi connectivity index (χ3v) is 4.63. The molecule has 1 aliphatic rings. The highest BCUT2D eigenvalue weighted by Gasteiger charge is 2.20. The average Bonchev–Trinajstić information content (AvgIpc) is 3.34. The minimum atomic E-state index is -0.395. The lowest BCUT2D eigenvalue weighted by Crippen LogP contribution is -2.37. The third kappa shape index (κ3) is 3.25. The fourth-order valence-corrected chi connectivity index (χ4v) is 3.23. The van der Waals surface area contributed by atoms with Gasteiger partial charge in [0.2, 0.25) is 17.4 Å². The van der Waals surface area contributed by atoms with E-state index in [9.17, 15) is 9.18 Å². The fraction of sp³-hybridized carbons (Fsp3) is 0.278. The highest BCUT2D eigenvalue weighted by atomic mass is 19.1. The first-order chi connectivity index (χ1) is 14.2. The Hall–Kier alpha value is -3.60. The van der Waals surface area contributed by atoms with Crippen LogP contribution in [0.1, 0.15) is 5.89 Å². The molecular formula is C18H16FN7O3. The summed E-state index contributed by atoms with van der Waals surface area (Å²) < 4.78 is 26.7. The van der Waals surface area contributed by atoms with Gasteiger partial charge in [-0.25, -0.2) is 23.3 Å². The maximum Gasteiger partial charge on any atom is 0.350 e. The Morgan fingerprint density at radius 1 is 1.21 bits per heavy atom. The van der Waals surface area contributed by atoms with Crippen LogP contribution in [0.5, 0.6) is 0 Å². The smallest absolute Gasteiger partial charge is 0.350 e. The van der Waals surface area contributed by atoms with E-state index < -0.39 is 5.82 Å². The summed E-state index contributed by atoms with van der Waals surface area (Å²) in [5.74, 6) is 0.661. The predicted molar refractivity (Wildman–Crippen MR) is 99.1 cm³/mol. The van der Waals surface area contributed by atoms with Gasteiger partial charge in [0.05, 0.1) is 13.2 Å². The van der Waals surface area contributed by atoms with E-state index in [-0.39, 0.29) is 23.9 Å². The van der Waals surface area contributed by atoms with Crippen molar-refractivity contribution in [1.82, 2.24) is 29.3 Å². The summed E-state index contributed by atoms with van der Waals surface area (Å²) in [5, 5.41) is 8.27. The quantitative estimate of drug-likeness (QED) is 0.502. The highest BCUT2D eigenvalue weighted by molar-refractivity contribution is 5.63. The molecule has 0 radical (unpaired) electrons. The lowest BCUT2D eigenvalue weighted by molar-refractivity contribution is 0.122. The van der Waals surface area contributed by atoms with Crippen LogP contribution < -0.4 is 10.6 Å². The first kappa shape index (κ1) is 17.5. The van der Waals surface area contributed by atoms with E-state index in [1.54, 1.807) is 24.5 Å². The van der Waals surface area contributed by atoms with E-state index in [1.165, 1.54) is 21.2 Å². The summed E-state index contributed by atoms with van der Waals surface area (Å²) in [6.45, 7) is 2.53. The molecule has 0 aliphatic carbocycles. The number of ether oxygens (including phenoxy) is 1. The number of rotatable bonds is 4. The van der Waals surface area contributed by atoms with Crippen molar-refractivity contribution in [3.8, 4) is 11.4 Å². The number of fused-ring (bicyclic) bond motifs is 1. The number of halogens is 1. The van der Waals surface area contributed by atoms with Crippen molar-refractivity contribution in [3.05, 3.63) is 58.9 Å². The molecule has 0 amide bonds. The zero-order valence-corrected chi connectivity index (χ0v) is 15.2. The van der Waals surface area contributed by atoms with E-state index in [0.29, 0.717) is 43.3 Å². The summed E-state index contributed by atoms with van der Waals surface area (Å²) >= 11 is 0. The van der Waals surface area contributed by atoms with Gasteiger partial charge in [0.15, 0.2) is 5.82 Å². The molecule has 1 aromatic carbocycles. The lowest BCUT2D eigenvalue weighted by Gasteiger charge is -2.27. The van der Waals surface area contributed by atoms with E-state index >= 15 is 0 Å². The van der Waals surface area contributed by atoms with E-state index in [1.807, 2.05) is 4.90 Å². The van der Waals surface area contributed by atoms with Crippen molar-refractivity contribution in [3.63, 3.8) is 0 Å². The molecule has 148 valence electrons. The van der Waals surface area contributed by atoms with E-state index in [4.69, 9.17) is 9.26 Å². The summed E-state index contributed by atoms with van der Waals surface area (Å²) in [6.07, 6.45) is 3.14. The Morgan fingerprint density at radius 3 is 2.90 bits per heavy atom. The molecule has 0 unspecified atom stereocenters. The lowest BCUT2D eigenvalue weighted by atomic mass is 10.2. The number of nitrogens with zero attached hydrogens (tertiary/aromatic N) is 7. The molecule has 1 saturated heterocycles. The van der Waals surface area contributed by atoms with Gasteiger partial charge in [0.25, 0.3) is 0 Å². The molecule has 3 aromatic heterocycles. The molecule has 0 bridgehead atoms. The minimum absolute atomic E-state index is 0.00855. The van der Waals surface area contributed by atoms with E-state index in [0.717, 1.165) is 0 Å². The second-order valence-electron chi connectivity index (χ2n) is 6.51. The number of hydrogen-bond acceptors (Lipinski definition) is 8. The van der Waals surface area contributed by atoms with Crippen LogP contribution in [0.2, 0.25) is 0 Å². The van der Waals surface area contributed by atoms with Crippen LogP contribution in [0.3, 0.4) is 0 Å². The van der Waals surface area contributed by atoms with Crippen molar-refractivity contribution in [2.45, 2.75) is 6.54 Å². The Bertz CT molecular complexity index is 1230. The topological polar surface area (TPSA) is 104 Å². The van der Waals surface area contributed by atoms with Gasteiger partial charge in [-0.05, 0) is 12.1 Å². The van der Waals surface area contributed by atoms with Crippen molar-refractivity contribution in [1.29, 1.82) is 0 Å². The largest absolute Gasteiger partial charge is 0.378 e. The number of hydrogen-bond donors (Lipinski definition) is 0. The maximum absolute atomic E-state index is 13.4. The molecule has 1 fully saturated rings. The SMILES string of the molecule is O=c1n(Cc2nc(-c3cccc(F)c3)no2)nc2c(N3CCOCC3)nccn12. The first-order valence-electron chi connectivity index (χ1n) is 9.04. The Morgan fingerprint density at radius 2 is 2.07 bits per heavy atom. The van der Waals surface area contributed by atoms with Crippen molar-refractivity contribution in [2.24, 2.45) is 0 Å². The molecule has 0 atom stereocenters. The number of anilines is 1. The van der Waals surface area contributed by atoms with Crippen LogP contribution in [0.25, 0.3) is 17.0 Å². The summed E-state index contributed by atoms with van der Waals surface area (Å²) in [5.41, 5.74) is 0.591. The number of aromatic nitrogens is 6. The molecule has 0 spiro atoms. The third-order valence-electron chi connectivity index (χ3n) is 4.63. The van der Waals surface area contributed by atoms with Gasteiger partial charge in [0, 0.05) is 31.0 Å². The van der Waals surface area contributed by atoms with Gasteiger partial charge in [-0.3, -0.25) is 0 Å². The average molecular weight is 397 g/mol. The first-order valence-corrected chi connectivity index (χ1v) is 9.04. The molecule has 29 heavy (non-hydrogen) atoms. The van der Waals surface area contributed by atoms with Gasteiger partial charge in [0.1, 0.15) is 12.4 Å². The second-order valence-corrected chi connectivity index (χ2v) is 6.51. The van der Waals surface area contributed by atoms with Crippen molar-refractivity contribution in [2.75, 3.05) is 31.2 Å². The second kappa shape index (κ2) is 7.09. The van der Waals surface area contributed by atoms with Crippen molar-refractivity contribution < 1.29 is 13.7 Å². The molecule has 0 N–H and O–H groups in total. The molecule has 11 heteroatoms. The Balaban J connectivity index is 1.47. The monoisotopic (exact) mass is 397 g/mol. The number of benzene rings is 1. The normalized spacial score (nSPS) is 14.6. The zero-order valence-electron chi connectivity index (χ0n) is 15.2. The molecule has 1 aliphatic heterocycles. The van der Waals surface area contributed by atoms with Crippen LogP contribution in [0, 0.1) is 5.82 Å². The predicted octanol–water partition coefficient (Wildman–Crippen LogP) is 0.965. The van der Waals surface area contributed by atoms with Gasteiger partial charge in [-0.1, -0.05) is 17.3 Å². The maximum atomic E-state index is 13.4. The molecule has 0 saturated carbocycles. The van der Waals surface area contributed by atoms with E-state index in [2.05, 4.69) is 20.2 Å². The van der Waals surface area contributed by atoms with Crippen LogP contribution in [0.4, 0.5) is 10.2 Å². The minimum Gasteiger partial charge on any atom is -0.378 e. The number of morpholine rings is 1. The van der Waals surface area contributed by atoms with Crippen molar-refractivity contribution >= 4 is 11.5 Å². The Kier molecular flexibility index (Phi) is 4.28. The summed E-state index contributed by atoms with van der Waals surface area (Å²) in [7, 11) is 0. The highest BCUT2D eigenvalue weighted by Crippen LogP contribution is 2.18. The van der Waals surface area contributed by atoms with Gasteiger partial charge in [-0.2, -0.15) is 4.98 Å².